The zero-order valence-electron chi connectivity index (χ0n) is 20.4. The summed E-state index contributed by atoms with van der Waals surface area (Å²) in [6, 6.07) is 10.6. The van der Waals surface area contributed by atoms with Crippen LogP contribution in [0.25, 0.3) is 15.9 Å². The number of carbonyl (C=O) groups excluding carboxylic acids is 1. The number of nitrogens with one attached hydrogen (secondary N) is 1. The fourth-order valence-electron chi connectivity index (χ4n) is 4.00. The van der Waals surface area contributed by atoms with E-state index in [-0.39, 0.29) is 18.1 Å². The van der Waals surface area contributed by atoms with Crippen molar-refractivity contribution in [2.45, 2.75) is 26.8 Å². The monoisotopic (exact) mass is 511 g/mol. The molecule has 8 nitrogen and oxygen atoms in total. The molecule has 2 aromatic carbocycles. The van der Waals surface area contributed by atoms with E-state index in [1.54, 1.807) is 20.3 Å². The average molecular weight is 512 g/mol. The molecule has 2 aromatic heterocycles. The maximum atomic E-state index is 13.5. The largest absolute Gasteiger partial charge is 0.493 e. The van der Waals surface area contributed by atoms with Gasteiger partial charge in [-0.25, -0.2) is 13.8 Å². The van der Waals surface area contributed by atoms with E-state index in [9.17, 15) is 18.8 Å². The van der Waals surface area contributed by atoms with Gasteiger partial charge in [0.2, 0.25) is 5.91 Å². The van der Waals surface area contributed by atoms with Crippen LogP contribution >= 0.6 is 11.3 Å². The summed E-state index contributed by atoms with van der Waals surface area (Å²) in [5.74, 6) is 0.366. The van der Waals surface area contributed by atoms with E-state index in [2.05, 4.69) is 5.32 Å². The van der Waals surface area contributed by atoms with Gasteiger partial charge >= 0.3 is 5.69 Å². The number of thiophene rings is 1. The number of fused-ring (bicyclic) bond motifs is 1. The van der Waals surface area contributed by atoms with Gasteiger partial charge in [0.05, 0.1) is 25.3 Å². The highest BCUT2D eigenvalue weighted by atomic mass is 32.1. The quantitative estimate of drug-likeness (QED) is 0.392. The van der Waals surface area contributed by atoms with Crippen LogP contribution in [0.15, 0.2) is 52.1 Å². The first-order chi connectivity index (χ1) is 17.2. The number of aromatic nitrogens is 2. The minimum absolute atomic E-state index is 0.235. The fourth-order valence-corrected chi connectivity index (χ4v) is 5.14. The summed E-state index contributed by atoms with van der Waals surface area (Å²) in [5, 5.41) is 3.21. The van der Waals surface area contributed by atoms with E-state index >= 15 is 0 Å². The lowest BCUT2D eigenvalue weighted by Crippen LogP contribution is -2.41. The van der Waals surface area contributed by atoms with Crippen molar-refractivity contribution >= 4 is 27.5 Å². The molecule has 0 aliphatic carbocycles. The molecule has 10 heteroatoms. The lowest BCUT2D eigenvalue weighted by molar-refractivity contribution is -0.121. The predicted molar refractivity (Wildman–Crippen MR) is 137 cm³/mol. The summed E-state index contributed by atoms with van der Waals surface area (Å²) < 4.78 is 26.3. The Labute approximate surface area is 210 Å². The molecule has 0 spiro atoms. The number of aryl methyl sites for hydroxylation is 2. The number of nitrogens with zero attached hydrogens (tertiary/aromatic N) is 2. The Hall–Kier alpha value is -3.92. The smallest absolute Gasteiger partial charge is 0.337 e. The van der Waals surface area contributed by atoms with Crippen molar-refractivity contribution in [3.63, 3.8) is 0 Å². The van der Waals surface area contributed by atoms with Crippen molar-refractivity contribution in [2.75, 3.05) is 20.8 Å². The number of carbonyl (C=O) groups is 1. The van der Waals surface area contributed by atoms with Gasteiger partial charge in [0.15, 0.2) is 11.5 Å². The highest BCUT2D eigenvalue weighted by Crippen LogP contribution is 2.28. The van der Waals surface area contributed by atoms with Crippen molar-refractivity contribution in [3.05, 3.63) is 85.1 Å². The third-order valence-electron chi connectivity index (χ3n) is 6.02. The van der Waals surface area contributed by atoms with Crippen molar-refractivity contribution < 1.29 is 18.7 Å². The van der Waals surface area contributed by atoms with Gasteiger partial charge in [-0.3, -0.25) is 14.2 Å². The van der Waals surface area contributed by atoms with Gasteiger partial charge < -0.3 is 14.8 Å². The van der Waals surface area contributed by atoms with Crippen molar-refractivity contribution in [1.29, 1.82) is 0 Å². The van der Waals surface area contributed by atoms with Crippen LogP contribution in [0.1, 0.15) is 16.0 Å². The Kier molecular flexibility index (Phi) is 7.25. The SMILES string of the molecule is COc1ccc(CCNC(=O)Cn2c(=O)n(-c3ccc(F)cc3)c(=O)c3c(C)c(C)sc32)cc1OC. The number of hydrogen-bond donors (Lipinski definition) is 1. The molecule has 0 aliphatic heterocycles. The van der Waals surface area contributed by atoms with E-state index in [1.807, 2.05) is 26.0 Å². The third kappa shape index (κ3) is 4.76. The van der Waals surface area contributed by atoms with Crippen LogP contribution in [-0.4, -0.2) is 35.8 Å². The Morgan fingerprint density at radius 2 is 1.72 bits per heavy atom. The minimum atomic E-state index is -0.657. The topological polar surface area (TPSA) is 91.6 Å². The number of amides is 1. The first-order valence-electron chi connectivity index (χ1n) is 11.2. The number of halogens is 1. The number of benzene rings is 2. The Balaban J connectivity index is 1.62. The lowest BCUT2D eigenvalue weighted by Gasteiger charge is -2.13. The van der Waals surface area contributed by atoms with Crippen molar-refractivity contribution in [2.24, 2.45) is 0 Å². The van der Waals surface area contributed by atoms with Gasteiger partial charge in [0, 0.05) is 11.4 Å². The third-order valence-corrected chi connectivity index (χ3v) is 7.25. The van der Waals surface area contributed by atoms with Crippen LogP contribution < -0.4 is 26.0 Å². The molecule has 0 fully saturated rings. The molecule has 188 valence electrons. The fraction of sp³-hybridized carbons (Fsp3) is 0.269. The van der Waals surface area contributed by atoms with Crippen LogP contribution in [0.2, 0.25) is 0 Å². The first-order valence-corrected chi connectivity index (χ1v) is 12.1. The maximum absolute atomic E-state index is 13.5. The second-order valence-electron chi connectivity index (χ2n) is 8.24. The molecule has 0 saturated carbocycles. The normalized spacial score (nSPS) is 11.0. The summed E-state index contributed by atoms with van der Waals surface area (Å²) in [4.78, 5) is 40.8. The van der Waals surface area contributed by atoms with Crippen LogP contribution in [0, 0.1) is 19.7 Å². The summed E-state index contributed by atoms with van der Waals surface area (Å²) in [7, 11) is 3.12. The highest BCUT2D eigenvalue weighted by Gasteiger charge is 2.21. The summed E-state index contributed by atoms with van der Waals surface area (Å²) in [5.41, 5.74) is 0.781. The van der Waals surface area contributed by atoms with E-state index in [4.69, 9.17) is 9.47 Å². The molecule has 4 aromatic rings. The molecule has 2 heterocycles. The van der Waals surface area contributed by atoms with Gasteiger partial charge in [-0.2, -0.15) is 0 Å². The molecule has 0 saturated heterocycles. The first kappa shape index (κ1) is 25.2. The van der Waals surface area contributed by atoms with E-state index in [0.717, 1.165) is 20.6 Å². The number of ether oxygens (including phenoxy) is 2. The number of rotatable bonds is 8. The highest BCUT2D eigenvalue weighted by molar-refractivity contribution is 7.18. The zero-order valence-corrected chi connectivity index (χ0v) is 21.2. The lowest BCUT2D eigenvalue weighted by atomic mass is 10.1. The maximum Gasteiger partial charge on any atom is 0.337 e. The molecule has 0 bridgehead atoms. The molecular weight excluding hydrogens is 485 g/mol. The predicted octanol–water partition coefficient (Wildman–Crippen LogP) is 3.35. The Bertz CT molecular complexity index is 1550. The summed E-state index contributed by atoms with van der Waals surface area (Å²) in [6.07, 6.45) is 0.544. The number of hydrogen-bond acceptors (Lipinski definition) is 6. The zero-order chi connectivity index (χ0) is 26.0. The molecule has 36 heavy (non-hydrogen) atoms. The Morgan fingerprint density at radius 3 is 2.39 bits per heavy atom. The van der Waals surface area contributed by atoms with Gasteiger partial charge in [-0.05, 0) is 67.8 Å². The molecule has 0 aliphatic rings. The van der Waals surface area contributed by atoms with E-state index in [0.29, 0.717) is 34.7 Å². The summed E-state index contributed by atoms with van der Waals surface area (Å²) in [6.45, 7) is 3.75. The van der Waals surface area contributed by atoms with Crippen molar-refractivity contribution in [1.82, 2.24) is 14.5 Å². The second-order valence-corrected chi connectivity index (χ2v) is 9.44. The van der Waals surface area contributed by atoms with Crippen LogP contribution in [0.4, 0.5) is 4.39 Å². The van der Waals surface area contributed by atoms with E-state index < -0.39 is 17.1 Å². The molecule has 0 radical (unpaired) electrons. The van der Waals surface area contributed by atoms with Gasteiger partial charge in [0.1, 0.15) is 17.2 Å². The molecule has 0 atom stereocenters. The second kappa shape index (κ2) is 10.4. The molecule has 1 N–H and O–H groups in total. The molecular formula is C26H26FN3O5S. The van der Waals surface area contributed by atoms with E-state index in [1.165, 1.54) is 40.2 Å². The average Bonchev–Trinajstić information content (AvgIpc) is 3.17. The van der Waals surface area contributed by atoms with Crippen LogP contribution in [0.3, 0.4) is 0 Å². The van der Waals surface area contributed by atoms with Crippen molar-refractivity contribution in [3.8, 4) is 17.2 Å². The van der Waals surface area contributed by atoms with Gasteiger partial charge in [0.25, 0.3) is 5.56 Å². The molecule has 0 unspecified atom stereocenters. The van der Waals surface area contributed by atoms with Gasteiger partial charge in [-0.15, -0.1) is 11.3 Å². The standard InChI is InChI=1S/C26H26FN3O5S/c1-15-16(2)36-25-23(15)24(32)30(19-8-6-18(27)7-9-19)26(33)29(25)14-22(31)28-12-11-17-5-10-20(34-3)21(13-17)35-4/h5-10,13H,11-12,14H2,1-4H3,(H,28,31). The number of methoxy groups -OCH3 is 2. The van der Waals surface area contributed by atoms with Gasteiger partial charge in [-0.1, -0.05) is 6.07 Å². The summed E-state index contributed by atoms with van der Waals surface area (Å²) >= 11 is 1.29. The molecule has 4 rings (SSSR count). The molecule has 1 amide bonds. The Morgan fingerprint density at radius 1 is 1.03 bits per heavy atom. The minimum Gasteiger partial charge on any atom is -0.493 e. The van der Waals surface area contributed by atoms with Crippen LogP contribution in [0.5, 0.6) is 11.5 Å². The van der Waals surface area contributed by atoms with Crippen LogP contribution in [-0.2, 0) is 17.8 Å².